The SMILES string of the molecule is COC/C=C\OC1OC(CO)C(OC)C(OC)C1OC. The normalized spacial score (nSPS) is 34.5. The molecule has 5 atom stereocenters. The summed E-state index contributed by atoms with van der Waals surface area (Å²) < 4.78 is 32.2. The van der Waals surface area contributed by atoms with Crippen LogP contribution in [0.15, 0.2) is 12.3 Å². The minimum Gasteiger partial charge on any atom is -0.470 e. The van der Waals surface area contributed by atoms with Gasteiger partial charge < -0.3 is 33.5 Å². The molecule has 1 rings (SSSR count). The first-order valence-electron chi connectivity index (χ1n) is 6.37. The molecule has 5 unspecified atom stereocenters. The Kier molecular flexibility index (Phi) is 8.05. The first-order valence-corrected chi connectivity index (χ1v) is 6.37. The molecule has 1 N–H and O–H groups in total. The molecule has 118 valence electrons. The lowest BCUT2D eigenvalue weighted by Gasteiger charge is -2.43. The Balaban J connectivity index is 2.77. The largest absolute Gasteiger partial charge is 0.470 e. The molecular weight excluding hydrogens is 268 g/mol. The summed E-state index contributed by atoms with van der Waals surface area (Å²) in [6.45, 7) is 0.235. The van der Waals surface area contributed by atoms with Gasteiger partial charge in [-0.1, -0.05) is 0 Å². The van der Waals surface area contributed by atoms with E-state index in [0.29, 0.717) is 6.61 Å². The van der Waals surface area contributed by atoms with Gasteiger partial charge in [-0.3, -0.25) is 0 Å². The zero-order chi connectivity index (χ0) is 15.0. The fraction of sp³-hybridized carbons (Fsp3) is 0.846. The van der Waals surface area contributed by atoms with Crippen molar-refractivity contribution in [2.45, 2.75) is 30.7 Å². The van der Waals surface area contributed by atoms with Crippen LogP contribution in [0.25, 0.3) is 0 Å². The third kappa shape index (κ3) is 4.15. The minimum absolute atomic E-state index is 0.198. The average molecular weight is 292 g/mol. The van der Waals surface area contributed by atoms with Crippen molar-refractivity contribution in [2.24, 2.45) is 0 Å². The van der Waals surface area contributed by atoms with E-state index in [0.717, 1.165) is 0 Å². The number of rotatable bonds is 8. The van der Waals surface area contributed by atoms with Crippen molar-refractivity contribution in [3.8, 4) is 0 Å². The zero-order valence-corrected chi connectivity index (χ0v) is 12.4. The molecule has 0 aliphatic carbocycles. The Morgan fingerprint density at radius 1 is 1.00 bits per heavy atom. The predicted octanol–water partition coefficient (Wildman–Crippen LogP) is -0.0747. The van der Waals surface area contributed by atoms with Crippen LogP contribution in [0.2, 0.25) is 0 Å². The van der Waals surface area contributed by atoms with Crippen LogP contribution in [-0.4, -0.2) is 77.5 Å². The number of hydrogen-bond acceptors (Lipinski definition) is 7. The summed E-state index contributed by atoms with van der Waals surface area (Å²) in [6, 6.07) is 0. The van der Waals surface area contributed by atoms with E-state index in [-0.39, 0.29) is 6.61 Å². The fourth-order valence-corrected chi connectivity index (χ4v) is 2.20. The molecule has 1 fully saturated rings. The monoisotopic (exact) mass is 292 g/mol. The third-order valence-electron chi connectivity index (χ3n) is 3.16. The molecule has 7 heteroatoms. The van der Waals surface area contributed by atoms with E-state index >= 15 is 0 Å². The number of aliphatic hydroxyl groups is 1. The van der Waals surface area contributed by atoms with E-state index < -0.39 is 30.7 Å². The third-order valence-corrected chi connectivity index (χ3v) is 3.16. The van der Waals surface area contributed by atoms with E-state index in [1.165, 1.54) is 13.4 Å². The summed E-state index contributed by atoms with van der Waals surface area (Å²) in [4.78, 5) is 0. The quantitative estimate of drug-likeness (QED) is 0.627. The highest BCUT2D eigenvalue weighted by Crippen LogP contribution is 2.27. The summed E-state index contributed by atoms with van der Waals surface area (Å²) in [5, 5.41) is 9.40. The second-order valence-electron chi connectivity index (χ2n) is 4.29. The number of aliphatic hydroxyl groups excluding tert-OH is 1. The molecule has 0 aromatic carbocycles. The summed E-state index contributed by atoms with van der Waals surface area (Å²) in [5.74, 6) is 0. The standard InChI is InChI=1S/C13H24O7/c1-15-6-5-7-19-13-12(18-4)11(17-3)10(16-2)9(8-14)20-13/h5,7,9-14H,6,8H2,1-4H3/b7-5-. The predicted molar refractivity (Wildman–Crippen MR) is 70.2 cm³/mol. The Labute approximate surface area is 119 Å². The molecule has 1 saturated heterocycles. The van der Waals surface area contributed by atoms with Crippen LogP contribution in [0.1, 0.15) is 0 Å². The topological polar surface area (TPSA) is 75.6 Å². The van der Waals surface area contributed by atoms with Gasteiger partial charge in [0, 0.05) is 28.4 Å². The number of hydrogen-bond donors (Lipinski definition) is 1. The minimum atomic E-state index is -0.693. The maximum atomic E-state index is 9.40. The van der Waals surface area contributed by atoms with Crippen LogP contribution >= 0.6 is 0 Å². The Morgan fingerprint density at radius 2 is 1.65 bits per heavy atom. The fourth-order valence-electron chi connectivity index (χ4n) is 2.20. The van der Waals surface area contributed by atoms with Gasteiger partial charge in [0.2, 0.25) is 6.29 Å². The van der Waals surface area contributed by atoms with Crippen molar-refractivity contribution in [1.82, 2.24) is 0 Å². The van der Waals surface area contributed by atoms with Crippen molar-refractivity contribution >= 4 is 0 Å². The van der Waals surface area contributed by atoms with Gasteiger partial charge in [0.15, 0.2) is 0 Å². The zero-order valence-electron chi connectivity index (χ0n) is 12.4. The van der Waals surface area contributed by atoms with E-state index in [9.17, 15) is 5.11 Å². The molecule has 0 spiro atoms. The van der Waals surface area contributed by atoms with Crippen LogP contribution in [0, 0.1) is 0 Å². The summed E-state index contributed by atoms with van der Waals surface area (Å²) in [7, 11) is 6.22. The number of ether oxygens (including phenoxy) is 6. The average Bonchev–Trinajstić information content (AvgIpc) is 2.49. The molecule has 0 amide bonds. The van der Waals surface area contributed by atoms with Crippen LogP contribution in [0.5, 0.6) is 0 Å². The van der Waals surface area contributed by atoms with Gasteiger partial charge in [0.1, 0.15) is 24.4 Å². The molecule has 1 aliphatic rings. The molecular formula is C13H24O7. The molecule has 20 heavy (non-hydrogen) atoms. The Bertz CT molecular complexity index is 284. The van der Waals surface area contributed by atoms with Gasteiger partial charge >= 0.3 is 0 Å². The molecule has 0 aromatic rings. The van der Waals surface area contributed by atoms with Crippen molar-refractivity contribution < 1.29 is 33.5 Å². The maximum Gasteiger partial charge on any atom is 0.228 e. The molecule has 0 radical (unpaired) electrons. The van der Waals surface area contributed by atoms with E-state index in [1.807, 2.05) is 0 Å². The van der Waals surface area contributed by atoms with Crippen molar-refractivity contribution in [2.75, 3.05) is 41.7 Å². The Morgan fingerprint density at radius 3 is 2.15 bits per heavy atom. The summed E-state index contributed by atoms with van der Waals surface area (Å²) >= 11 is 0. The molecule has 0 saturated carbocycles. The van der Waals surface area contributed by atoms with Gasteiger partial charge in [0.05, 0.1) is 19.5 Å². The van der Waals surface area contributed by atoms with E-state index in [2.05, 4.69) is 0 Å². The van der Waals surface area contributed by atoms with Crippen LogP contribution in [0.3, 0.4) is 0 Å². The lowest BCUT2D eigenvalue weighted by molar-refractivity contribution is -0.300. The van der Waals surface area contributed by atoms with Gasteiger partial charge in [-0.15, -0.1) is 0 Å². The number of methoxy groups -OCH3 is 4. The highest BCUT2D eigenvalue weighted by Gasteiger charge is 2.47. The second-order valence-corrected chi connectivity index (χ2v) is 4.29. The van der Waals surface area contributed by atoms with Gasteiger partial charge in [-0.2, -0.15) is 0 Å². The first-order chi connectivity index (χ1) is 9.73. The highest BCUT2D eigenvalue weighted by molar-refractivity contribution is 4.92. The van der Waals surface area contributed by atoms with Crippen LogP contribution < -0.4 is 0 Å². The highest BCUT2D eigenvalue weighted by atomic mass is 16.7. The first kappa shape index (κ1) is 17.4. The van der Waals surface area contributed by atoms with Crippen molar-refractivity contribution in [3.05, 3.63) is 12.3 Å². The smallest absolute Gasteiger partial charge is 0.228 e. The lowest BCUT2D eigenvalue weighted by Crippen LogP contribution is -2.60. The lowest BCUT2D eigenvalue weighted by atomic mass is 9.98. The summed E-state index contributed by atoms with van der Waals surface area (Å²) in [6.07, 6.45) is 0.635. The molecule has 0 bridgehead atoms. The van der Waals surface area contributed by atoms with Gasteiger partial charge in [-0.25, -0.2) is 0 Å². The second kappa shape index (κ2) is 9.28. The maximum absolute atomic E-state index is 9.40. The summed E-state index contributed by atoms with van der Waals surface area (Å²) in [5.41, 5.74) is 0. The Hall–Kier alpha value is -0.700. The van der Waals surface area contributed by atoms with Crippen molar-refractivity contribution in [3.63, 3.8) is 0 Å². The molecule has 1 heterocycles. The van der Waals surface area contributed by atoms with Gasteiger partial charge in [-0.05, 0) is 6.08 Å². The molecule has 0 aromatic heterocycles. The molecule has 1 aliphatic heterocycles. The van der Waals surface area contributed by atoms with Crippen LogP contribution in [0.4, 0.5) is 0 Å². The van der Waals surface area contributed by atoms with Crippen LogP contribution in [-0.2, 0) is 28.4 Å². The van der Waals surface area contributed by atoms with Gasteiger partial charge in [0.25, 0.3) is 0 Å². The molecule has 7 nitrogen and oxygen atoms in total. The van der Waals surface area contributed by atoms with E-state index in [4.69, 9.17) is 28.4 Å². The van der Waals surface area contributed by atoms with Crippen molar-refractivity contribution in [1.29, 1.82) is 0 Å². The van der Waals surface area contributed by atoms with E-state index in [1.54, 1.807) is 27.4 Å².